The molecule has 16 heavy (non-hydrogen) atoms. The maximum atomic E-state index is 11.4. The summed E-state index contributed by atoms with van der Waals surface area (Å²) < 4.78 is 10.2. The monoisotopic (exact) mass is 244 g/mol. The molecule has 0 fully saturated rings. The summed E-state index contributed by atoms with van der Waals surface area (Å²) in [4.78, 5) is 11.8. The first kappa shape index (κ1) is 12.6. The Balaban J connectivity index is 3.15. The lowest BCUT2D eigenvalue weighted by Gasteiger charge is -2.11. The summed E-state index contributed by atoms with van der Waals surface area (Å²) in [5, 5.41) is 3.68. The average Bonchev–Trinajstić information content (AvgIpc) is 2.55. The fraction of sp³-hybridized carbons (Fsp3) is 0.500. The predicted molar refractivity (Wildman–Crippen MR) is 65.4 cm³/mol. The van der Waals surface area contributed by atoms with Gasteiger partial charge in [-0.1, -0.05) is 0 Å². The lowest BCUT2D eigenvalue weighted by molar-refractivity contribution is 0.0607. The smallest absolute Gasteiger partial charge is 0.350 e. The molecular weight excluding hydrogens is 228 g/mol. The zero-order valence-corrected chi connectivity index (χ0v) is 10.6. The number of carbonyl (C=O) groups is 1. The molecule has 0 aliphatic rings. The summed E-state index contributed by atoms with van der Waals surface area (Å²) in [6.45, 7) is 3.79. The lowest BCUT2D eigenvalue weighted by atomic mass is 10.3. The summed E-state index contributed by atoms with van der Waals surface area (Å²) in [6.07, 6.45) is -0.00510. The van der Waals surface area contributed by atoms with Gasteiger partial charge in [-0.2, -0.15) is 0 Å². The third-order valence-electron chi connectivity index (χ3n) is 1.85. The van der Waals surface area contributed by atoms with Crippen molar-refractivity contribution in [1.82, 2.24) is 0 Å². The highest BCUT2D eigenvalue weighted by molar-refractivity contribution is 7.19. The summed E-state index contributed by atoms with van der Waals surface area (Å²) in [6, 6.07) is 0. The molecule has 0 radical (unpaired) electrons. The highest BCUT2D eigenvalue weighted by Crippen LogP contribution is 2.43. The number of rotatable bonds is 4. The van der Waals surface area contributed by atoms with Crippen LogP contribution in [0.15, 0.2) is 0 Å². The third kappa shape index (κ3) is 2.38. The first-order chi connectivity index (χ1) is 7.51. The summed E-state index contributed by atoms with van der Waals surface area (Å²) in [5.41, 5.74) is 6.18. The molecule has 0 aliphatic heterocycles. The van der Waals surface area contributed by atoms with E-state index in [1.165, 1.54) is 18.4 Å². The van der Waals surface area contributed by atoms with Crippen LogP contribution >= 0.6 is 11.3 Å². The van der Waals surface area contributed by atoms with Crippen molar-refractivity contribution in [3.63, 3.8) is 0 Å². The van der Waals surface area contributed by atoms with Gasteiger partial charge in [-0.25, -0.2) is 4.79 Å². The number of hydrogen-bond donors (Lipinski definition) is 2. The van der Waals surface area contributed by atoms with Crippen molar-refractivity contribution in [2.45, 2.75) is 20.0 Å². The van der Waals surface area contributed by atoms with E-state index >= 15 is 0 Å². The second kappa shape index (κ2) is 5.07. The number of ether oxygens (including phenoxy) is 2. The van der Waals surface area contributed by atoms with Crippen LogP contribution in [0.25, 0.3) is 0 Å². The van der Waals surface area contributed by atoms with Crippen molar-refractivity contribution in [2.24, 2.45) is 0 Å². The van der Waals surface area contributed by atoms with Crippen LogP contribution in [0.3, 0.4) is 0 Å². The number of hydrogen-bond acceptors (Lipinski definition) is 6. The van der Waals surface area contributed by atoms with Crippen molar-refractivity contribution in [1.29, 1.82) is 0 Å². The number of nitrogen functional groups attached to an aromatic ring is 1. The molecule has 3 N–H and O–H groups in total. The fourth-order valence-corrected chi connectivity index (χ4v) is 2.12. The normalized spacial score (nSPS) is 10.3. The van der Waals surface area contributed by atoms with Gasteiger partial charge >= 0.3 is 5.97 Å². The first-order valence-corrected chi connectivity index (χ1v) is 5.67. The van der Waals surface area contributed by atoms with Gasteiger partial charge in [-0.3, -0.25) is 0 Å². The minimum Gasteiger partial charge on any atom is -0.486 e. The highest BCUT2D eigenvalue weighted by Gasteiger charge is 2.22. The number of esters is 1. The van der Waals surface area contributed by atoms with Crippen LogP contribution in [0, 0.1) is 0 Å². The van der Waals surface area contributed by atoms with Gasteiger partial charge in [0.2, 0.25) is 0 Å². The largest absolute Gasteiger partial charge is 0.486 e. The molecule has 0 unspecified atom stereocenters. The molecule has 1 rings (SSSR count). The molecule has 90 valence electrons. The van der Waals surface area contributed by atoms with Gasteiger partial charge in [0.25, 0.3) is 0 Å². The van der Waals surface area contributed by atoms with E-state index in [0.29, 0.717) is 16.3 Å². The Labute approximate surface area is 98.5 Å². The van der Waals surface area contributed by atoms with Crippen LogP contribution in [0.4, 0.5) is 10.7 Å². The topological polar surface area (TPSA) is 73.6 Å². The Bertz CT molecular complexity index is 388. The zero-order chi connectivity index (χ0) is 12.3. The van der Waals surface area contributed by atoms with Crippen LogP contribution < -0.4 is 15.8 Å². The second-order valence-corrected chi connectivity index (χ2v) is 4.43. The minimum absolute atomic E-state index is 0.00510. The maximum Gasteiger partial charge on any atom is 0.350 e. The Morgan fingerprint density at radius 3 is 2.56 bits per heavy atom. The van der Waals surface area contributed by atoms with Crippen molar-refractivity contribution in [2.75, 3.05) is 25.2 Å². The molecule has 1 aromatic rings. The van der Waals surface area contributed by atoms with E-state index < -0.39 is 5.97 Å². The molecular formula is C10H16N2O3S. The Morgan fingerprint density at radius 1 is 1.50 bits per heavy atom. The summed E-state index contributed by atoms with van der Waals surface area (Å²) in [5.74, 6) is 0.0699. The van der Waals surface area contributed by atoms with E-state index in [1.807, 2.05) is 13.8 Å². The molecule has 0 saturated heterocycles. The molecule has 1 heterocycles. The van der Waals surface area contributed by atoms with Crippen LogP contribution in [-0.2, 0) is 4.74 Å². The number of nitrogens with two attached hydrogens (primary N) is 1. The third-order valence-corrected chi connectivity index (χ3v) is 3.04. The number of anilines is 2. The maximum absolute atomic E-state index is 11.4. The molecule has 0 saturated carbocycles. The number of methoxy groups -OCH3 is 1. The van der Waals surface area contributed by atoms with Gasteiger partial charge in [0.05, 0.1) is 13.2 Å². The molecule has 1 aromatic heterocycles. The van der Waals surface area contributed by atoms with Gasteiger partial charge in [0.15, 0.2) is 5.75 Å². The fourth-order valence-electron chi connectivity index (χ4n) is 1.19. The average molecular weight is 244 g/mol. The van der Waals surface area contributed by atoms with Crippen LogP contribution in [0.2, 0.25) is 0 Å². The summed E-state index contributed by atoms with van der Waals surface area (Å²) >= 11 is 1.23. The van der Waals surface area contributed by atoms with Crippen LogP contribution in [0.1, 0.15) is 23.5 Å². The van der Waals surface area contributed by atoms with Gasteiger partial charge < -0.3 is 20.5 Å². The van der Waals surface area contributed by atoms with E-state index in [0.717, 1.165) is 5.00 Å². The van der Waals surface area contributed by atoms with Crippen LogP contribution in [0.5, 0.6) is 5.75 Å². The second-order valence-electron chi connectivity index (χ2n) is 3.41. The molecule has 6 heteroatoms. The van der Waals surface area contributed by atoms with Gasteiger partial charge in [-0.05, 0) is 13.8 Å². The van der Waals surface area contributed by atoms with E-state index in [1.54, 1.807) is 7.05 Å². The van der Waals surface area contributed by atoms with E-state index in [2.05, 4.69) is 10.1 Å². The summed E-state index contributed by atoms with van der Waals surface area (Å²) in [7, 11) is 3.07. The van der Waals surface area contributed by atoms with Gasteiger partial charge in [0, 0.05) is 7.05 Å². The van der Waals surface area contributed by atoms with Crippen molar-refractivity contribution >= 4 is 28.0 Å². The van der Waals surface area contributed by atoms with E-state index in [9.17, 15) is 4.79 Å². The molecule has 0 bridgehead atoms. The van der Waals surface area contributed by atoms with E-state index in [4.69, 9.17) is 10.5 Å². The SMILES string of the molecule is CNc1sc(C(=O)OC)c(N)c1OC(C)C. The first-order valence-electron chi connectivity index (χ1n) is 4.86. The van der Waals surface area contributed by atoms with Crippen molar-refractivity contribution in [3.8, 4) is 5.75 Å². The molecule has 0 aromatic carbocycles. The lowest BCUT2D eigenvalue weighted by Crippen LogP contribution is -2.08. The molecule has 0 spiro atoms. The standard InChI is InChI=1S/C10H16N2O3S/c1-5(2)15-7-6(11)8(10(13)14-4)16-9(7)12-3/h5,12H,11H2,1-4H3. The minimum atomic E-state index is -0.447. The molecule has 5 nitrogen and oxygen atoms in total. The number of thiophene rings is 1. The Hall–Kier alpha value is -1.43. The highest BCUT2D eigenvalue weighted by atomic mass is 32.1. The van der Waals surface area contributed by atoms with E-state index in [-0.39, 0.29) is 6.10 Å². The Morgan fingerprint density at radius 2 is 2.12 bits per heavy atom. The van der Waals surface area contributed by atoms with Gasteiger partial charge in [0.1, 0.15) is 15.6 Å². The van der Waals surface area contributed by atoms with Gasteiger partial charge in [-0.15, -0.1) is 11.3 Å². The molecule has 0 amide bonds. The van der Waals surface area contributed by atoms with Crippen molar-refractivity contribution < 1.29 is 14.3 Å². The predicted octanol–water partition coefficient (Wildman–Crippen LogP) is 1.95. The number of nitrogens with one attached hydrogen (secondary N) is 1. The molecule has 0 aliphatic carbocycles. The molecule has 0 atom stereocenters. The van der Waals surface area contributed by atoms with Crippen LogP contribution in [-0.4, -0.2) is 26.2 Å². The Kier molecular flexibility index (Phi) is 4.00. The number of carbonyl (C=O) groups excluding carboxylic acids is 1. The quantitative estimate of drug-likeness (QED) is 0.792. The zero-order valence-electron chi connectivity index (χ0n) is 9.79. The van der Waals surface area contributed by atoms with Crippen molar-refractivity contribution in [3.05, 3.63) is 4.88 Å².